The second-order valence-electron chi connectivity index (χ2n) is 11.0. The Hall–Kier alpha value is -1.74. The van der Waals surface area contributed by atoms with Crippen molar-refractivity contribution in [2.75, 3.05) is 52.2 Å². The number of nitrogens with zero attached hydrogens (tertiary/aromatic N) is 4. The SMILES string of the molecule is CS(=O)(=O)N1CCc2c(c(-c3ccc(Cl)c(CCCNS(=O)(=O)c4ccc(Cl)c(Cl)c4)c3)nn2CCCN2CCOCC2)C1. The molecule has 5 rings (SSSR count). The molecule has 2 aromatic carbocycles. The molecule has 0 bridgehead atoms. The molecule has 0 radical (unpaired) electrons. The van der Waals surface area contributed by atoms with Crippen LogP contribution in [0.3, 0.4) is 0 Å². The van der Waals surface area contributed by atoms with Gasteiger partial charge in [0, 0.05) is 74.1 Å². The van der Waals surface area contributed by atoms with Crippen molar-refractivity contribution in [1.82, 2.24) is 23.7 Å². The lowest BCUT2D eigenvalue weighted by Crippen LogP contribution is -2.37. The zero-order chi connectivity index (χ0) is 31.5. The van der Waals surface area contributed by atoms with Crippen LogP contribution in [-0.2, 0) is 50.7 Å². The molecule has 1 saturated heterocycles. The highest BCUT2D eigenvalue weighted by molar-refractivity contribution is 7.89. The lowest BCUT2D eigenvalue weighted by atomic mass is 9.99. The van der Waals surface area contributed by atoms with E-state index in [2.05, 4.69) is 9.62 Å². The summed E-state index contributed by atoms with van der Waals surface area (Å²) in [6.45, 7) is 5.92. The van der Waals surface area contributed by atoms with Crippen molar-refractivity contribution in [2.45, 2.75) is 43.7 Å². The van der Waals surface area contributed by atoms with Gasteiger partial charge in [0.05, 0.1) is 40.1 Å². The largest absolute Gasteiger partial charge is 0.379 e. The first-order valence-corrected chi connectivity index (χ1v) is 19.0. The van der Waals surface area contributed by atoms with Crippen LogP contribution in [-0.4, -0.2) is 88.0 Å². The Balaban J connectivity index is 1.31. The number of morpholine rings is 1. The van der Waals surface area contributed by atoms with Gasteiger partial charge in [-0.2, -0.15) is 9.40 Å². The van der Waals surface area contributed by atoms with Crippen LogP contribution in [0, 0.1) is 0 Å². The number of halogens is 3. The van der Waals surface area contributed by atoms with Gasteiger partial charge in [0.1, 0.15) is 0 Å². The number of benzene rings is 2. The summed E-state index contributed by atoms with van der Waals surface area (Å²) in [5, 5.41) is 6.02. The Morgan fingerprint density at radius 1 is 0.909 bits per heavy atom. The fourth-order valence-electron chi connectivity index (χ4n) is 5.56. The summed E-state index contributed by atoms with van der Waals surface area (Å²) in [6, 6.07) is 9.86. The van der Waals surface area contributed by atoms with Gasteiger partial charge >= 0.3 is 0 Å². The molecule has 1 N–H and O–H groups in total. The Bertz CT molecular complexity index is 1710. The van der Waals surface area contributed by atoms with Gasteiger partial charge in [-0.1, -0.05) is 40.9 Å². The van der Waals surface area contributed by atoms with Gasteiger partial charge in [-0.25, -0.2) is 21.6 Å². The van der Waals surface area contributed by atoms with Crippen LogP contribution < -0.4 is 4.72 Å². The molecule has 2 aliphatic heterocycles. The number of ether oxygens (including phenoxy) is 1. The standard InChI is InChI=1S/C29H36Cl3N5O5S2/c1-43(38,39)36-13-9-28-24(20-36)29(34-37(28)12-3-11-35-14-16-42-17-15-35)22-5-7-25(30)21(18-22)4-2-10-33-44(40,41)23-6-8-26(31)27(32)19-23/h5-8,18-19,33H,2-4,9-17,20H2,1H3. The van der Waals surface area contributed by atoms with Gasteiger partial charge in [0.2, 0.25) is 20.0 Å². The van der Waals surface area contributed by atoms with Crippen LogP contribution in [0.4, 0.5) is 0 Å². The minimum Gasteiger partial charge on any atom is -0.379 e. The Morgan fingerprint density at radius 2 is 1.66 bits per heavy atom. The second kappa shape index (κ2) is 14.4. The van der Waals surface area contributed by atoms with E-state index in [0.717, 1.165) is 73.9 Å². The van der Waals surface area contributed by atoms with E-state index in [9.17, 15) is 16.8 Å². The van der Waals surface area contributed by atoms with E-state index in [1.807, 2.05) is 22.9 Å². The zero-order valence-electron chi connectivity index (χ0n) is 24.4. The van der Waals surface area contributed by atoms with Crippen LogP contribution in [0.25, 0.3) is 11.3 Å². The molecule has 44 heavy (non-hydrogen) atoms. The number of fused-ring (bicyclic) bond motifs is 1. The van der Waals surface area contributed by atoms with Crippen molar-refractivity contribution in [3.8, 4) is 11.3 Å². The lowest BCUT2D eigenvalue weighted by Gasteiger charge is -2.27. The smallest absolute Gasteiger partial charge is 0.240 e. The number of sulfonamides is 2. The third-order valence-electron chi connectivity index (χ3n) is 7.95. The maximum absolute atomic E-state index is 12.7. The van der Waals surface area contributed by atoms with Crippen LogP contribution in [0.5, 0.6) is 0 Å². The first-order valence-electron chi connectivity index (χ1n) is 14.5. The molecule has 15 heteroatoms. The van der Waals surface area contributed by atoms with Gasteiger partial charge in [0.15, 0.2) is 0 Å². The third kappa shape index (κ3) is 8.15. The summed E-state index contributed by atoms with van der Waals surface area (Å²) in [5.74, 6) is 0. The third-order valence-corrected chi connectivity index (χ3v) is 11.8. The van der Waals surface area contributed by atoms with E-state index in [0.29, 0.717) is 30.8 Å². The second-order valence-corrected chi connectivity index (χ2v) is 16.0. The average molecular weight is 705 g/mol. The van der Waals surface area contributed by atoms with Crippen LogP contribution >= 0.6 is 34.8 Å². The van der Waals surface area contributed by atoms with E-state index >= 15 is 0 Å². The van der Waals surface area contributed by atoms with Crippen LogP contribution in [0.2, 0.25) is 15.1 Å². The molecule has 3 aromatic rings. The fraction of sp³-hybridized carbons (Fsp3) is 0.483. The highest BCUT2D eigenvalue weighted by atomic mass is 35.5. The number of hydrogen-bond acceptors (Lipinski definition) is 7. The van der Waals surface area contributed by atoms with Crippen molar-refractivity contribution in [3.05, 3.63) is 68.3 Å². The molecule has 0 aliphatic carbocycles. The number of nitrogens with one attached hydrogen (secondary N) is 1. The van der Waals surface area contributed by atoms with Gasteiger partial charge in [-0.15, -0.1) is 0 Å². The fourth-order valence-corrected chi connectivity index (χ4v) is 8.02. The summed E-state index contributed by atoms with van der Waals surface area (Å²) in [4.78, 5) is 2.43. The molecule has 0 spiro atoms. The molecule has 0 amide bonds. The number of rotatable bonds is 12. The Labute approximate surface area is 274 Å². The predicted molar refractivity (Wildman–Crippen MR) is 173 cm³/mol. The van der Waals surface area contributed by atoms with E-state index in [1.54, 1.807) is 0 Å². The quantitative estimate of drug-likeness (QED) is 0.277. The Morgan fingerprint density at radius 3 is 2.39 bits per heavy atom. The minimum atomic E-state index is -3.76. The number of aryl methyl sites for hydroxylation is 2. The van der Waals surface area contributed by atoms with Gasteiger partial charge in [-0.3, -0.25) is 9.58 Å². The van der Waals surface area contributed by atoms with Crippen molar-refractivity contribution in [3.63, 3.8) is 0 Å². The van der Waals surface area contributed by atoms with E-state index in [4.69, 9.17) is 44.6 Å². The van der Waals surface area contributed by atoms with Crippen molar-refractivity contribution >= 4 is 54.8 Å². The first kappa shape index (κ1) is 33.6. The summed E-state index contributed by atoms with van der Waals surface area (Å²) >= 11 is 18.5. The van der Waals surface area contributed by atoms with Gasteiger partial charge < -0.3 is 4.74 Å². The van der Waals surface area contributed by atoms with E-state index in [1.165, 1.54) is 28.8 Å². The molecular weight excluding hydrogens is 669 g/mol. The lowest BCUT2D eigenvalue weighted by molar-refractivity contribution is 0.0368. The summed E-state index contributed by atoms with van der Waals surface area (Å²) in [7, 11) is -7.13. The molecule has 3 heterocycles. The molecule has 2 aliphatic rings. The molecule has 0 saturated carbocycles. The summed E-state index contributed by atoms with van der Waals surface area (Å²) in [5.41, 5.74) is 4.42. The minimum absolute atomic E-state index is 0.0420. The van der Waals surface area contributed by atoms with Crippen molar-refractivity contribution in [2.24, 2.45) is 0 Å². The number of aromatic nitrogens is 2. The maximum Gasteiger partial charge on any atom is 0.240 e. The summed E-state index contributed by atoms with van der Waals surface area (Å²) in [6.07, 6.45) is 3.77. The van der Waals surface area contributed by atoms with E-state index in [-0.39, 0.29) is 28.0 Å². The molecule has 10 nitrogen and oxygen atoms in total. The van der Waals surface area contributed by atoms with Crippen LogP contribution in [0.15, 0.2) is 41.3 Å². The van der Waals surface area contributed by atoms with Gasteiger partial charge in [-0.05, 0) is 55.2 Å². The molecule has 1 aromatic heterocycles. The first-order chi connectivity index (χ1) is 20.9. The normalized spacial score (nSPS) is 16.7. The molecule has 0 unspecified atom stereocenters. The molecule has 0 atom stereocenters. The highest BCUT2D eigenvalue weighted by Crippen LogP contribution is 2.33. The Kier molecular flexibility index (Phi) is 11.0. The van der Waals surface area contributed by atoms with E-state index < -0.39 is 20.0 Å². The average Bonchev–Trinajstić information content (AvgIpc) is 3.35. The monoisotopic (exact) mass is 703 g/mol. The molecular formula is C29H36Cl3N5O5S2. The molecule has 1 fully saturated rings. The van der Waals surface area contributed by atoms with Gasteiger partial charge in [0.25, 0.3) is 0 Å². The highest BCUT2D eigenvalue weighted by Gasteiger charge is 2.30. The van der Waals surface area contributed by atoms with Crippen LogP contribution in [0.1, 0.15) is 29.7 Å². The van der Waals surface area contributed by atoms with Crippen molar-refractivity contribution in [1.29, 1.82) is 0 Å². The number of hydrogen-bond donors (Lipinski definition) is 1. The maximum atomic E-state index is 12.7. The van der Waals surface area contributed by atoms with Crippen molar-refractivity contribution < 1.29 is 21.6 Å². The predicted octanol–water partition coefficient (Wildman–Crippen LogP) is 4.46. The zero-order valence-corrected chi connectivity index (χ0v) is 28.3. The summed E-state index contributed by atoms with van der Waals surface area (Å²) < 4.78 is 61.9. The topological polar surface area (TPSA) is 114 Å². The molecule has 240 valence electrons.